The van der Waals surface area contributed by atoms with Crippen LogP contribution in [0.25, 0.3) is 0 Å². The molecule has 0 spiro atoms. The van der Waals surface area contributed by atoms with Gasteiger partial charge in [0, 0.05) is 12.8 Å². The summed E-state index contributed by atoms with van der Waals surface area (Å²) in [5, 5.41) is 9.99. The first-order chi connectivity index (χ1) is 21.6. The van der Waals surface area contributed by atoms with Crippen molar-refractivity contribution in [2.24, 2.45) is 0 Å². The van der Waals surface area contributed by atoms with Crippen LogP contribution in [-0.2, 0) is 19.1 Å². The highest BCUT2D eigenvalue weighted by atomic mass is 16.6. The van der Waals surface area contributed by atoms with Crippen molar-refractivity contribution in [2.75, 3.05) is 13.2 Å². The molecular formula is C39H72O5. The number of rotatable bonds is 34. The van der Waals surface area contributed by atoms with Crippen LogP contribution in [0.2, 0.25) is 0 Å². The summed E-state index contributed by atoms with van der Waals surface area (Å²) in [4.78, 5) is 23.9. The lowest BCUT2D eigenvalue weighted by atomic mass is 10.1. The second-order valence-corrected chi connectivity index (χ2v) is 12.7. The van der Waals surface area contributed by atoms with Gasteiger partial charge in [-0.2, -0.15) is 0 Å². The molecule has 0 saturated carbocycles. The highest BCUT2D eigenvalue weighted by Crippen LogP contribution is 2.12. The van der Waals surface area contributed by atoms with E-state index in [1.54, 1.807) is 0 Å². The average Bonchev–Trinajstić information content (AvgIpc) is 3.02. The van der Waals surface area contributed by atoms with Crippen molar-refractivity contribution in [3.8, 4) is 0 Å². The predicted molar refractivity (Wildman–Crippen MR) is 187 cm³/mol. The van der Waals surface area contributed by atoms with Crippen LogP contribution >= 0.6 is 0 Å². The number of esters is 2. The van der Waals surface area contributed by atoms with E-state index in [0.717, 1.165) is 44.9 Å². The first-order valence-corrected chi connectivity index (χ1v) is 18.9. The monoisotopic (exact) mass is 621 g/mol. The van der Waals surface area contributed by atoms with Crippen molar-refractivity contribution >= 4 is 11.9 Å². The minimum Gasteiger partial charge on any atom is -0.463 e. The molecule has 5 heteroatoms. The maximum Gasteiger partial charge on any atom is 0.305 e. The summed E-state index contributed by atoms with van der Waals surface area (Å²) in [6.45, 7) is 4.27. The summed E-state index contributed by atoms with van der Waals surface area (Å²) in [5.74, 6) is -0.578. The fourth-order valence-corrected chi connectivity index (χ4v) is 5.25. The van der Waals surface area contributed by atoms with Gasteiger partial charge < -0.3 is 14.6 Å². The van der Waals surface area contributed by atoms with Gasteiger partial charge in [0.1, 0.15) is 19.3 Å². The second-order valence-electron chi connectivity index (χ2n) is 12.7. The molecule has 0 saturated heterocycles. The van der Waals surface area contributed by atoms with Crippen LogP contribution in [-0.4, -0.2) is 36.4 Å². The van der Waals surface area contributed by atoms with Gasteiger partial charge in [0.15, 0.2) is 0 Å². The molecule has 0 aliphatic carbocycles. The Hall–Kier alpha value is -1.62. The van der Waals surface area contributed by atoms with Crippen LogP contribution in [0.3, 0.4) is 0 Å². The van der Waals surface area contributed by atoms with Crippen LogP contribution in [0, 0.1) is 0 Å². The standard InChI is InChI=1S/C39H72O5/c1-3-5-7-9-11-13-15-17-19-21-23-25-27-29-31-33-38(41)43-35-37(40)36-44-39(42)34-32-30-28-26-24-22-20-18-16-14-12-10-8-6-4-2/h15,17-18,20,37,40H,3-14,16,19,21-36H2,1-2H3/b17-15+,20-18+. The minimum atomic E-state index is -0.966. The van der Waals surface area contributed by atoms with Gasteiger partial charge in [0.2, 0.25) is 0 Å². The van der Waals surface area contributed by atoms with Crippen molar-refractivity contribution in [3.05, 3.63) is 24.3 Å². The third-order valence-electron chi connectivity index (χ3n) is 8.16. The molecule has 0 fully saturated rings. The highest BCUT2D eigenvalue weighted by molar-refractivity contribution is 5.69. The molecule has 0 aromatic carbocycles. The van der Waals surface area contributed by atoms with Gasteiger partial charge in [-0.3, -0.25) is 9.59 Å². The molecule has 1 unspecified atom stereocenters. The van der Waals surface area contributed by atoms with E-state index in [2.05, 4.69) is 38.2 Å². The van der Waals surface area contributed by atoms with E-state index in [0.29, 0.717) is 12.8 Å². The molecule has 1 atom stereocenters. The van der Waals surface area contributed by atoms with E-state index in [1.165, 1.54) is 122 Å². The Morgan fingerprint density at radius 3 is 1.05 bits per heavy atom. The lowest BCUT2D eigenvalue weighted by Crippen LogP contribution is -2.25. The lowest BCUT2D eigenvalue weighted by molar-refractivity contribution is -0.152. The van der Waals surface area contributed by atoms with Crippen LogP contribution in [0.4, 0.5) is 0 Å². The fraction of sp³-hybridized carbons (Fsp3) is 0.846. The van der Waals surface area contributed by atoms with E-state index in [-0.39, 0.29) is 25.2 Å². The number of aliphatic hydroxyl groups excluding tert-OH is 1. The third-order valence-corrected chi connectivity index (χ3v) is 8.16. The van der Waals surface area contributed by atoms with E-state index in [9.17, 15) is 14.7 Å². The summed E-state index contributed by atoms with van der Waals surface area (Å²) >= 11 is 0. The SMILES string of the molecule is CCCCCCC/C=C/CCCCCCCCC(=O)OCC(O)COC(=O)CCCCCCC/C=C/CCCCCCCC. The normalized spacial score (nSPS) is 12.3. The van der Waals surface area contributed by atoms with Gasteiger partial charge >= 0.3 is 11.9 Å². The predicted octanol–water partition coefficient (Wildman–Crippen LogP) is 11.5. The Bertz CT molecular complexity index is 671. The smallest absolute Gasteiger partial charge is 0.305 e. The topological polar surface area (TPSA) is 72.8 Å². The summed E-state index contributed by atoms with van der Waals surface area (Å²) in [7, 11) is 0. The quantitative estimate of drug-likeness (QED) is 0.0440. The summed E-state index contributed by atoms with van der Waals surface area (Å²) < 4.78 is 10.3. The number of hydrogen-bond acceptors (Lipinski definition) is 5. The van der Waals surface area contributed by atoms with Crippen LogP contribution in [0.1, 0.15) is 194 Å². The molecule has 0 heterocycles. The molecule has 0 aliphatic heterocycles. The summed E-state index contributed by atoms with van der Waals surface area (Å²) in [6, 6.07) is 0. The van der Waals surface area contributed by atoms with E-state index < -0.39 is 6.10 Å². The van der Waals surface area contributed by atoms with Gasteiger partial charge in [-0.05, 0) is 64.2 Å². The molecule has 0 aromatic rings. The molecule has 0 rings (SSSR count). The average molecular weight is 621 g/mol. The van der Waals surface area contributed by atoms with E-state index >= 15 is 0 Å². The molecule has 0 radical (unpaired) electrons. The maximum absolute atomic E-state index is 11.9. The zero-order valence-electron chi connectivity index (χ0n) is 29.2. The van der Waals surface area contributed by atoms with Crippen LogP contribution in [0.5, 0.6) is 0 Å². The molecule has 0 aliphatic rings. The number of aliphatic hydroxyl groups is 1. The Morgan fingerprint density at radius 2 is 0.727 bits per heavy atom. The number of ether oxygens (including phenoxy) is 2. The van der Waals surface area contributed by atoms with E-state index in [4.69, 9.17) is 9.47 Å². The first kappa shape index (κ1) is 42.4. The Labute approximate surface area is 273 Å². The lowest BCUT2D eigenvalue weighted by Gasteiger charge is -2.12. The zero-order valence-corrected chi connectivity index (χ0v) is 29.2. The second kappa shape index (κ2) is 35.9. The Kier molecular flexibility index (Phi) is 34.5. The number of hydrogen-bond donors (Lipinski definition) is 1. The number of allylic oxidation sites excluding steroid dienone is 4. The van der Waals surface area contributed by atoms with Gasteiger partial charge in [-0.15, -0.1) is 0 Å². The first-order valence-electron chi connectivity index (χ1n) is 18.9. The molecular weight excluding hydrogens is 548 g/mol. The molecule has 1 N–H and O–H groups in total. The highest BCUT2D eigenvalue weighted by Gasteiger charge is 2.12. The van der Waals surface area contributed by atoms with Gasteiger partial charge in [0.05, 0.1) is 0 Å². The van der Waals surface area contributed by atoms with Crippen LogP contribution in [0.15, 0.2) is 24.3 Å². The third kappa shape index (κ3) is 34.9. The fourth-order valence-electron chi connectivity index (χ4n) is 5.25. The van der Waals surface area contributed by atoms with Gasteiger partial charge in [-0.1, -0.05) is 141 Å². The molecule has 0 aromatic heterocycles. The number of carbonyl (C=O) groups is 2. The largest absolute Gasteiger partial charge is 0.463 e. The van der Waals surface area contributed by atoms with Gasteiger partial charge in [-0.25, -0.2) is 0 Å². The van der Waals surface area contributed by atoms with Crippen molar-refractivity contribution in [1.82, 2.24) is 0 Å². The molecule has 258 valence electrons. The van der Waals surface area contributed by atoms with Crippen molar-refractivity contribution in [1.29, 1.82) is 0 Å². The van der Waals surface area contributed by atoms with Crippen molar-refractivity contribution in [3.63, 3.8) is 0 Å². The zero-order chi connectivity index (χ0) is 32.2. The van der Waals surface area contributed by atoms with E-state index in [1.807, 2.05) is 0 Å². The molecule has 5 nitrogen and oxygen atoms in total. The van der Waals surface area contributed by atoms with Crippen molar-refractivity contribution in [2.45, 2.75) is 200 Å². The molecule has 0 bridgehead atoms. The van der Waals surface area contributed by atoms with Gasteiger partial charge in [0.25, 0.3) is 0 Å². The summed E-state index contributed by atoms with van der Waals surface area (Å²) in [6.07, 6.45) is 40.8. The Morgan fingerprint density at radius 1 is 0.455 bits per heavy atom. The minimum absolute atomic E-state index is 0.119. The number of unbranched alkanes of at least 4 members (excludes halogenated alkanes) is 22. The summed E-state index contributed by atoms with van der Waals surface area (Å²) in [5.41, 5.74) is 0. The number of carbonyl (C=O) groups excluding carboxylic acids is 2. The Balaban J connectivity index is 3.45. The maximum atomic E-state index is 11.9. The molecule has 0 amide bonds. The molecule has 44 heavy (non-hydrogen) atoms. The van der Waals surface area contributed by atoms with Crippen molar-refractivity contribution < 1.29 is 24.2 Å². The van der Waals surface area contributed by atoms with Crippen LogP contribution < -0.4 is 0 Å².